The van der Waals surface area contributed by atoms with Crippen LogP contribution in [0.2, 0.25) is 0 Å². The zero-order valence-electron chi connectivity index (χ0n) is 16.4. The quantitative estimate of drug-likeness (QED) is 0.450. The highest BCUT2D eigenvalue weighted by molar-refractivity contribution is 7.33. The van der Waals surface area contributed by atoms with Crippen molar-refractivity contribution in [1.29, 1.82) is 0 Å². The number of hydrogen-bond acceptors (Lipinski definition) is 5. The molecule has 7 heteroatoms. The van der Waals surface area contributed by atoms with E-state index in [1.54, 1.807) is 0 Å². The molecule has 1 amide bonds. The van der Waals surface area contributed by atoms with Crippen LogP contribution in [0.1, 0.15) is 38.2 Å². The average Bonchev–Trinajstić information content (AvgIpc) is 2.70. The summed E-state index contributed by atoms with van der Waals surface area (Å²) in [7, 11) is -0.754. The van der Waals surface area contributed by atoms with Crippen LogP contribution in [0.5, 0.6) is 0 Å². The van der Waals surface area contributed by atoms with Crippen molar-refractivity contribution in [1.82, 2.24) is 5.32 Å². The van der Waals surface area contributed by atoms with Crippen LogP contribution in [-0.2, 0) is 18.4 Å². The lowest BCUT2D eigenvalue weighted by Crippen LogP contribution is -2.27. The lowest BCUT2D eigenvalue weighted by Gasteiger charge is -2.19. The van der Waals surface area contributed by atoms with Crippen molar-refractivity contribution < 1.29 is 18.4 Å². The van der Waals surface area contributed by atoms with E-state index in [1.165, 1.54) is 12.7 Å². The molecule has 150 valence electrons. The fourth-order valence-electron chi connectivity index (χ4n) is 3.03. The van der Waals surface area contributed by atoms with E-state index >= 15 is 0 Å². The lowest BCUT2D eigenvalue weighted by molar-refractivity contribution is -0.120. The number of benzene rings is 1. The minimum Gasteiger partial charge on any atom is -0.401 e. The molecule has 1 aliphatic carbocycles. The molecule has 2 rings (SSSR count). The molecule has 0 aliphatic heterocycles. The molecular weight excluding hydrogens is 375 g/mol. The monoisotopic (exact) mass is 403 g/mol. The van der Waals surface area contributed by atoms with E-state index in [0.717, 1.165) is 29.6 Å². The van der Waals surface area contributed by atoms with Gasteiger partial charge < -0.3 is 11.1 Å². The molecule has 0 bridgehead atoms. The molecule has 1 unspecified atom stereocenters. The number of nitrogens with one attached hydrogen (secondary N) is 1. The van der Waals surface area contributed by atoms with Gasteiger partial charge in [0.1, 0.15) is 6.61 Å². The second kappa shape index (κ2) is 11.5. The van der Waals surface area contributed by atoms with Crippen molar-refractivity contribution >= 4 is 19.7 Å². The van der Waals surface area contributed by atoms with Crippen LogP contribution in [0.3, 0.4) is 0 Å². The summed E-state index contributed by atoms with van der Waals surface area (Å²) in [6.45, 7) is 2.74. The van der Waals surface area contributed by atoms with Crippen LogP contribution in [0.15, 0.2) is 59.3 Å². The predicted molar refractivity (Wildman–Crippen MR) is 111 cm³/mol. The largest absolute Gasteiger partial charge is 0.697 e. The Morgan fingerprint density at radius 3 is 2.61 bits per heavy atom. The summed E-state index contributed by atoms with van der Waals surface area (Å²) in [5.74, 6) is -0.153. The Balaban J connectivity index is 2.05. The fraction of sp³-hybridized carbons (Fsp3) is 0.381. The minimum atomic E-state index is -2.07. The van der Waals surface area contributed by atoms with Gasteiger partial charge in [0.2, 0.25) is 5.91 Å². The molecule has 1 aliphatic rings. The number of carbonyl (C=O) groups is 1. The number of nitrogens with two attached hydrogens (primary N) is 1. The van der Waals surface area contributed by atoms with Crippen molar-refractivity contribution in [3.8, 4) is 0 Å². The summed E-state index contributed by atoms with van der Waals surface area (Å²) in [4.78, 5) is 12.3. The van der Waals surface area contributed by atoms with Gasteiger partial charge in [0.15, 0.2) is 0 Å². The van der Waals surface area contributed by atoms with E-state index in [4.69, 9.17) is 10.3 Å². The molecule has 0 saturated heterocycles. The molecule has 3 N–H and O–H groups in total. The Hall–Kier alpha value is -2.27. The molecule has 0 saturated carbocycles. The molecule has 1 aromatic carbocycles. The Morgan fingerprint density at radius 2 is 1.93 bits per heavy atom. The third-order valence-corrected chi connectivity index (χ3v) is 5.08. The SMILES string of the molecule is CO[P+](=O)OCCCNC(=O)C/C(N)=C(/C1=CCCC=C1C)c1ccccc1. The van der Waals surface area contributed by atoms with E-state index in [0.29, 0.717) is 18.7 Å². The molecule has 0 fully saturated rings. The first kappa shape index (κ1) is 22.0. The second-order valence-corrected chi connectivity index (χ2v) is 7.54. The average molecular weight is 403 g/mol. The molecule has 1 atom stereocenters. The van der Waals surface area contributed by atoms with Gasteiger partial charge in [0.05, 0.1) is 13.5 Å². The zero-order valence-corrected chi connectivity index (χ0v) is 17.3. The van der Waals surface area contributed by atoms with Gasteiger partial charge >= 0.3 is 8.25 Å². The molecule has 0 heterocycles. The third kappa shape index (κ3) is 6.71. The first-order chi connectivity index (χ1) is 13.5. The Morgan fingerprint density at radius 1 is 1.21 bits per heavy atom. The highest BCUT2D eigenvalue weighted by Crippen LogP contribution is 2.33. The minimum absolute atomic E-state index is 0.113. The normalized spacial score (nSPS) is 15.3. The highest BCUT2D eigenvalue weighted by atomic mass is 31.1. The first-order valence-electron chi connectivity index (χ1n) is 9.35. The Bertz CT molecular complexity index is 785. The van der Waals surface area contributed by atoms with Crippen LogP contribution in [-0.4, -0.2) is 26.2 Å². The van der Waals surface area contributed by atoms with Gasteiger partial charge in [-0.3, -0.25) is 4.79 Å². The van der Waals surface area contributed by atoms with Gasteiger partial charge in [-0.05, 0) is 42.9 Å². The zero-order chi connectivity index (χ0) is 20.4. The van der Waals surface area contributed by atoms with E-state index in [9.17, 15) is 9.36 Å². The first-order valence-corrected chi connectivity index (χ1v) is 10.4. The summed E-state index contributed by atoms with van der Waals surface area (Å²) in [6, 6.07) is 9.92. The van der Waals surface area contributed by atoms with Crippen molar-refractivity contribution in [2.75, 3.05) is 20.3 Å². The van der Waals surface area contributed by atoms with Crippen LogP contribution in [0.4, 0.5) is 0 Å². The van der Waals surface area contributed by atoms with E-state index in [1.807, 2.05) is 30.3 Å². The van der Waals surface area contributed by atoms with Crippen LogP contribution < -0.4 is 11.1 Å². The van der Waals surface area contributed by atoms with Gasteiger partial charge in [0.25, 0.3) is 0 Å². The number of rotatable bonds is 10. The highest BCUT2D eigenvalue weighted by Gasteiger charge is 2.18. The van der Waals surface area contributed by atoms with Gasteiger partial charge in [-0.1, -0.05) is 42.5 Å². The molecule has 0 spiro atoms. The molecule has 0 radical (unpaired) electrons. The van der Waals surface area contributed by atoms with Crippen molar-refractivity contribution in [2.45, 2.75) is 32.6 Å². The third-order valence-electron chi connectivity index (χ3n) is 4.38. The number of amides is 1. The maximum absolute atomic E-state index is 12.3. The maximum atomic E-state index is 12.3. The number of hydrogen-bond donors (Lipinski definition) is 2. The summed E-state index contributed by atoms with van der Waals surface area (Å²) < 4.78 is 20.5. The van der Waals surface area contributed by atoms with E-state index in [2.05, 4.69) is 28.9 Å². The van der Waals surface area contributed by atoms with Gasteiger partial charge in [0, 0.05) is 22.4 Å². The second-order valence-electron chi connectivity index (χ2n) is 6.47. The number of carbonyl (C=O) groups excluding carboxylic acids is 1. The molecule has 6 nitrogen and oxygen atoms in total. The number of allylic oxidation sites excluding steroid dienone is 5. The standard InChI is InChI=1S/C21H27N2O4P/c1-16-9-6-7-12-18(16)21(17-10-4-3-5-11-17)19(22)15-20(24)23-13-8-14-27-28(25)26-2/h3-5,9-12H,6-8,13-15,22H2,1-2H3/p+1/b21-19-. The summed E-state index contributed by atoms with van der Waals surface area (Å²) in [5, 5.41) is 2.82. The molecule has 0 aromatic heterocycles. The smallest absolute Gasteiger partial charge is 0.401 e. The summed E-state index contributed by atoms with van der Waals surface area (Å²) in [6.07, 6.45) is 7.04. The molecule has 1 aromatic rings. The van der Waals surface area contributed by atoms with E-state index in [-0.39, 0.29) is 18.9 Å². The lowest BCUT2D eigenvalue weighted by atomic mass is 9.87. The van der Waals surface area contributed by atoms with E-state index < -0.39 is 8.25 Å². The van der Waals surface area contributed by atoms with Crippen molar-refractivity contribution in [3.05, 3.63) is 64.9 Å². The molecular formula is C21H28N2O4P+. The fourth-order valence-corrected chi connectivity index (χ4v) is 3.42. The van der Waals surface area contributed by atoms with Crippen molar-refractivity contribution in [3.63, 3.8) is 0 Å². The van der Waals surface area contributed by atoms with Crippen molar-refractivity contribution in [2.24, 2.45) is 5.73 Å². The summed E-state index contributed by atoms with van der Waals surface area (Å²) >= 11 is 0. The topological polar surface area (TPSA) is 90.6 Å². The Labute approximate surface area is 167 Å². The predicted octanol–water partition coefficient (Wildman–Crippen LogP) is 4.24. The van der Waals surface area contributed by atoms with Gasteiger partial charge in [-0.15, -0.1) is 9.05 Å². The van der Waals surface area contributed by atoms with Gasteiger partial charge in [-0.25, -0.2) is 0 Å². The van der Waals surface area contributed by atoms with Gasteiger partial charge in [-0.2, -0.15) is 0 Å². The molecule has 28 heavy (non-hydrogen) atoms. The van der Waals surface area contributed by atoms with Crippen LogP contribution >= 0.6 is 8.25 Å². The van der Waals surface area contributed by atoms with Crippen LogP contribution in [0, 0.1) is 0 Å². The van der Waals surface area contributed by atoms with Crippen LogP contribution in [0.25, 0.3) is 5.57 Å². The maximum Gasteiger partial charge on any atom is 0.697 e. The summed E-state index contributed by atoms with van der Waals surface area (Å²) in [5.41, 5.74) is 11.1. The Kier molecular flexibility index (Phi) is 9.08.